The Morgan fingerprint density at radius 2 is 1.90 bits per heavy atom. The van der Waals surface area contributed by atoms with Gasteiger partial charge in [0.05, 0.1) is 20.8 Å². The van der Waals surface area contributed by atoms with E-state index >= 15 is 0 Å². The summed E-state index contributed by atoms with van der Waals surface area (Å²) >= 11 is 1.17. The Kier molecular flexibility index (Phi) is 5.76. The third-order valence-electron chi connectivity index (χ3n) is 4.12. The first-order valence-corrected chi connectivity index (χ1v) is 11.0. The molecule has 0 atom stereocenters. The smallest absolute Gasteiger partial charge is 0.270 e. The lowest BCUT2D eigenvalue weighted by molar-refractivity contribution is -0.384. The zero-order valence-corrected chi connectivity index (χ0v) is 17.2. The van der Waals surface area contributed by atoms with Gasteiger partial charge in [-0.25, -0.2) is 13.4 Å². The van der Waals surface area contributed by atoms with E-state index in [2.05, 4.69) is 10.3 Å². The van der Waals surface area contributed by atoms with Crippen LogP contribution in [0.3, 0.4) is 0 Å². The van der Waals surface area contributed by atoms with E-state index in [1.165, 1.54) is 47.7 Å². The summed E-state index contributed by atoms with van der Waals surface area (Å²) in [5, 5.41) is 14.9. The summed E-state index contributed by atoms with van der Waals surface area (Å²) in [4.78, 5) is 27.3. The predicted molar refractivity (Wildman–Crippen MR) is 111 cm³/mol. The van der Waals surface area contributed by atoms with Gasteiger partial charge in [0.2, 0.25) is 0 Å². The Morgan fingerprint density at radius 1 is 1.17 bits per heavy atom. The van der Waals surface area contributed by atoms with E-state index in [1.54, 1.807) is 31.4 Å². The van der Waals surface area contributed by atoms with Gasteiger partial charge in [-0.3, -0.25) is 20.2 Å². The summed E-state index contributed by atoms with van der Waals surface area (Å²) in [6.45, 7) is 3.15. The summed E-state index contributed by atoms with van der Waals surface area (Å²) in [6, 6.07) is 11.9. The molecule has 1 amide bonds. The molecule has 3 rings (SSSR count). The van der Waals surface area contributed by atoms with Gasteiger partial charge < -0.3 is 0 Å². The molecular weight excluding hydrogens is 414 g/mol. The van der Waals surface area contributed by atoms with Crippen LogP contribution in [0.25, 0.3) is 11.3 Å². The molecule has 0 saturated carbocycles. The van der Waals surface area contributed by atoms with Crippen LogP contribution in [0.5, 0.6) is 0 Å². The highest BCUT2D eigenvalue weighted by atomic mass is 32.2. The van der Waals surface area contributed by atoms with E-state index in [1.807, 2.05) is 0 Å². The third-order valence-corrected chi connectivity index (χ3v) is 7.03. The molecule has 0 bridgehead atoms. The lowest BCUT2D eigenvalue weighted by Crippen LogP contribution is -2.16. The van der Waals surface area contributed by atoms with E-state index in [0.29, 0.717) is 16.4 Å². The van der Waals surface area contributed by atoms with Crippen LogP contribution in [0.15, 0.2) is 58.8 Å². The van der Waals surface area contributed by atoms with Gasteiger partial charge in [-0.1, -0.05) is 18.2 Å². The van der Waals surface area contributed by atoms with Gasteiger partial charge in [0.1, 0.15) is 0 Å². The maximum absolute atomic E-state index is 12.5. The first-order valence-electron chi connectivity index (χ1n) is 8.54. The van der Waals surface area contributed by atoms with E-state index in [-0.39, 0.29) is 16.1 Å². The molecule has 2 aromatic carbocycles. The van der Waals surface area contributed by atoms with Crippen molar-refractivity contribution in [2.45, 2.75) is 24.0 Å². The number of thiazole rings is 1. The van der Waals surface area contributed by atoms with Crippen molar-refractivity contribution in [3.8, 4) is 11.3 Å². The molecular formula is C19H17N3O5S2. The number of benzene rings is 2. The van der Waals surface area contributed by atoms with E-state index < -0.39 is 25.9 Å². The minimum Gasteiger partial charge on any atom is -0.298 e. The number of nitrogens with zero attached hydrogens (tertiary/aromatic N) is 2. The van der Waals surface area contributed by atoms with Crippen molar-refractivity contribution in [2.75, 3.05) is 5.32 Å². The standard InChI is InChI=1S/C19H17N3O5S2/c1-12(2)29(26,27)16-8-4-6-14(10-16)18(23)21-19-20-17(11-28-19)13-5-3-7-15(9-13)22(24)25/h3-12H,1-2H3,(H,20,21,23). The number of sulfone groups is 1. The van der Waals surface area contributed by atoms with Gasteiger partial charge in [-0.05, 0) is 32.0 Å². The molecule has 0 spiro atoms. The largest absolute Gasteiger partial charge is 0.298 e. The quantitative estimate of drug-likeness (QED) is 0.462. The van der Waals surface area contributed by atoms with Crippen LogP contribution in [-0.2, 0) is 9.84 Å². The Labute approximate surface area is 171 Å². The van der Waals surface area contributed by atoms with Crippen LogP contribution in [-0.4, -0.2) is 29.5 Å². The highest BCUT2D eigenvalue weighted by molar-refractivity contribution is 7.92. The topological polar surface area (TPSA) is 119 Å². The van der Waals surface area contributed by atoms with Gasteiger partial charge >= 0.3 is 0 Å². The number of amides is 1. The summed E-state index contributed by atoms with van der Waals surface area (Å²) in [7, 11) is -3.50. The van der Waals surface area contributed by atoms with Crippen LogP contribution < -0.4 is 5.32 Å². The maximum atomic E-state index is 12.5. The maximum Gasteiger partial charge on any atom is 0.270 e. The summed E-state index contributed by atoms with van der Waals surface area (Å²) < 4.78 is 24.6. The number of rotatable bonds is 6. The second-order valence-corrected chi connectivity index (χ2v) is 9.78. The van der Waals surface area contributed by atoms with Gasteiger partial charge in [0, 0.05) is 28.6 Å². The van der Waals surface area contributed by atoms with Crippen LogP contribution in [0.2, 0.25) is 0 Å². The third kappa shape index (κ3) is 4.49. The molecule has 3 aromatic rings. The average molecular weight is 431 g/mol. The second kappa shape index (κ2) is 8.10. The number of nitro groups is 1. The zero-order chi connectivity index (χ0) is 21.2. The summed E-state index contributed by atoms with van der Waals surface area (Å²) in [5.41, 5.74) is 1.19. The van der Waals surface area contributed by atoms with E-state index in [4.69, 9.17) is 0 Å². The normalized spacial score (nSPS) is 11.4. The molecule has 1 heterocycles. The first-order chi connectivity index (χ1) is 13.7. The number of carbonyl (C=O) groups excluding carboxylic acids is 1. The monoisotopic (exact) mass is 431 g/mol. The molecule has 0 aliphatic carbocycles. The molecule has 0 fully saturated rings. The minimum atomic E-state index is -3.50. The molecule has 1 N–H and O–H groups in total. The van der Waals surface area contributed by atoms with Crippen molar-refractivity contribution in [2.24, 2.45) is 0 Å². The van der Waals surface area contributed by atoms with Crippen molar-refractivity contribution in [3.63, 3.8) is 0 Å². The average Bonchev–Trinajstić information content (AvgIpc) is 3.16. The second-order valence-electron chi connectivity index (χ2n) is 6.42. The molecule has 0 radical (unpaired) electrons. The van der Waals surface area contributed by atoms with Gasteiger partial charge in [0.25, 0.3) is 11.6 Å². The molecule has 8 nitrogen and oxygen atoms in total. The molecule has 0 saturated heterocycles. The zero-order valence-electron chi connectivity index (χ0n) is 15.5. The van der Waals surface area contributed by atoms with Crippen LogP contribution in [0.4, 0.5) is 10.8 Å². The van der Waals surface area contributed by atoms with Crippen molar-refractivity contribution < 1.29 is 18.1 Å². The summed E-state index contributed by atoms with van der Waals surface area (Å²) in [6.07, 6.45) is 0. The lowest BCUT2D eigenvalue weighted by atomic mass is 10.1. The molecule has 150 valence electrons. The SMILES string of the molecule is CC(C)S(=O)(=O)c1cccc(C(=O)Nc2nc(-c3cccc([N+](=O)[O-])c3)cs2)c1. The molecule has 0 unspecified atom stereocenters. The molecule has 29 heavy (non-hydrogen) atoms. The van der Waals surface area contributed by atoms with Crippen molar-refractivity contribution in [1.29, 1.82) is 0 Å². The fourth-order valence-corrected chi connectivity index (χ4v) is 4.32. The fraction of sp³-hybridized carbons (Fsp3) is 0.158. The van der Waals surface area contributed by atoms with Crippen LogP contribution >= 0.6 is 11.3 Å². The number of non-ortho nitro benzene ring substituents is 1. The number of hydrogen-bond acceptors (Lipinski definition) is 7. The molecule has 10 heteroatoms. The number of hydrogen-bond donors (Lipinski definition) is 1. The van der Waals surface area contributed by atoms with Gasteiger partial charge in [0.15, 0.2) is 15.0 Å². The van der Waals surface area contributed by atoms with Crippen LogP contribution in [0.1, 0.15) is 24.2 Å². The molecule has 1 aromatic heterocycles. The predicted octanol–water partition coefficient (Wildman–Crippen LogP) is 4.15. The number of anilines is 1. The van der Waals surface area contributed by atoms with Crippen LogP contribution in [0, 0.1) is 10.1 Å². The molecule has 0 aliphatic rings. The number of aromatic nitrogens is 1. The fourth-order valence-electron chi connectivity index (χ4n) is 2.50. The minimum absolute atomic E-state index is 0.0516. The lowest BCUT2D eigenvalue weighted by Gasteiger charge is -2.09. The number of nitro benzene ring substituents is 1. The number of carbonyl (C=O) groups is 1. The Morgan fingerprint density at radius 3 is 2.59 bits per heavy atom. The highest BCUT2D eigenvalue weighted by Gasteiger charge is 2.20. The highest BCUT2D eigenvalue weighted by Crippen LogP contribution is 2.28. The van der Waals surface area contributed by atoms with E-state index in [0.717, 1.165) is 0 Å². The van der Waals surface area contributed by atoms with Gasteiger partial charge in [-0.2, -0.15) is 0 Å². The van der Waals surface area contributed by atoms with Crippen molar-refractivity contribution in [1.82, 2.24) is 4.98 Å². The Hall–Kier alpha value is -3.11. The van der Waals surface area contributed by atoms with E-state index in [9.17, 15) is 23.3 Å². The van der Waals surface area contributed by atoms with Crippen molar-refractivity contribution in [3.05, 3.63) is 69.6 Å². The molecule has 0 aliphatic heterocycles. The summed E-state index contributed by atoms with van der Waals surface area (Å²) in [5.74, 6) is -0.495. The Bertz CT molecular complexity index is 1190. The van der Waals surface area contributed by atoms with Gasteiger partial charge in [-0.15, -0.1) is 11.3 Å². The first kappa shape index (κ1) is 20.6. The number of nitrogens with one attached hydrogen (secondary N) is 1. The van der Waals surface area contributed by atoms with Crippen molar-refractivity contribution >= 4 is 37.9 Å². The Balaban J connectivity index is 1.81.